The van der Waals surface area contributed by atoms with Crippen LogP contribution in [0.15, 0.2) is 212 Å². The highest BCUT2D eigenvalue weighted by atomic mass is 16.5. The molecule has 0 spiro atoms. The van der Waals surface area contributed by atoms with E-state index in [9.17, 15) is 0 Å². The van der Waals surface area contributed by atoms with Crippen molar-refractivity contribution in [1.29, 1.82) is 0 Å². The molecule has 0 fully saturated rings. The first-order chi connectivity index (χ1) is 27.7. The summed E-state index contributed by atoms with van der Waals surface area (Å²) < 4.78 is 6.40. The second kappa shape index (κ2) is 13.2. The molecule has 262 valence electrons. The Morgan fingerprint density at radius 2 is 0.946 bits per heavy atom. The van der Waals surface area contributed by atoms with Gasteiger partial charge in [-0.05, 0) is 121 Å². The number of anilines is 3. The third-order valence-electron chi connectivity index (χ3n) is 11.2. The van der Waals surface area contributed by atoms with Crippen LogP contribution in [0.4, 0.5) is 17.1 Å². The SMILES string of the molecule is c1cc(-c2cccc3ccccc23)cc(N(c2ccc(-c3ccc4ccccc4c3)cc2)c2ccccc2-c2cc3c4c(cccc4c2)Oc2ccccc2-3)c1. The lowest BCUT2D eigenvalue weighted by atomic mass is 9.90. The number of rotatable bonds is 6. The Morgan fingerprint density at radius 3 is 1.86 bits per heavy atom. The summed E-state index contributed by atoms with van der Waals surface area (Å²) in [4.78, 5) is 2.41. The molecule has 10 aromatic carbocycles. The normalized spacial score (nSPS) is 11.7. The van der Waals surface area contributed by atoms with E-state index in [2.05, 4.69) is 211 Å². The van der Waals surface area contributed by atoms with Gasteiger partial charge in [0, 0.05) is 27.9 Å². The molecule has 0 N–H and O–H groups in total. The lowest BCUT2D eigenvalue weighted by Crippen LogP contribution is -2.11. The molecule has 2 heteroatoms. The van der Waals surface area contributed by atoms with Crippen LogP contribution < -0.4 is 9.64 Å². The summed E-state index contributed by atoms with van der Waals surface area (Å²) >= 11 is 0. The molecule has 0 saturated carbocycles. The highest BCUT2D eigenvalue weighted by Crippen LogP contribution is 2.50. The molecule has 0 bridgehead atoms. The number of para-hydroxylation sites is 2. The zero-order chi connectivity index (χ0) is 37.0. The van der Waals surface area contributed by atoms with E-state index in [4.69, 9.17) is 4.74 Å². The van der Waals surface area contributed by atoms with E-state index in [1.807, 2.05) is 6.07 Å². The molecule has 0 aromatic heterocycles. The molecule has 1 aliphatic heterocycles. The summed E-state index contributed by atoms with van der Waals surface area (Å²) in [6.07, 6.45) is 0. The maximum atomic E-state index is 6.40. The summed E-state index contributed by atoms with van der Waals surface area (Å²) in [5, 5.41) is 7.27. The topological polar surface area (TPSA) is 12.5 Å². The molecule has 11 rings (SSSR count). The fourth-order valence-electron chi connectivity index (χ4n) is 8.54. The molecule has 10 aromatic rings. The average Bonchev–Trinajstić information content (AvgIpc) is 3.27. The zero-order valence-corrected chi connectivity index (χ0v) is 30.6. The number of nitrogens with zero attached hydrogens (tertiary/aromatic N) is 1. The van der Waals surface area contributed by atoms with E-state index in [0.29, 0.717) is 0 Å². The van der Waals surface area contributed by atoms with Crippen LogP contribution in [0, 0.1) is 0 Å². The van der Waals surface area contributed by atoms with Crippen molar-refractivity contribution in [2.24, 2.45) is 0 Å². The summed E-state index contributed by atoms with van der Waals surface area (Å²) in [6.45, 7) is 0. The molecule has 56 heavy (non-hydrogen) atoms. The fourth-order valence-corrected chi connectivity index (χ4v) is 8.54. The number of benzene rings is 10. The molecule has 0 unspecified atom stereocenters. The average molecular weight is 714 g/mol. The van der Waals surface area contributed by atoms with Crippen LogP contribution in [0.1, 0.15) is 0 Å². The third kappa shape index (κ3) is 5.42. The second-order valence-corrected chi connectivity index (χ2v) is 14.5. The first-order valence-electron chi connectivity index (χ1n) is 19.2. The Morgan fingerprint density at radius 1 is 0.304 bits per heavy atom. The van der Waals surface area contributed by atoms with Crippen molar-refractivity contribution in [3.63, 3.8) is 0 Å². The van der Waals surface area contributed by atoms with E-state index in [0.717, 1.165) is 56.0 Å². The number of hydrogen-bond donors (Lipinski definition) is 0. The van der Waals surface area contributed by atoms with Crippen LogP contribution in [-0.2, 0) is 0 Å². The monoisotopic (exact) mass is 713 g/mol. The lowest BCUT2D eigenvalue weighted by molar-refractivity contribution is 0.487. The Kier molecular flexibility index (Phi) is 7.53. The molecule has 1 aliphatic rings. The van der Waals surface area contributed by atoms with Crippen LogP contribution in [0.2, 0.25) is 0 Å². The Bertz CT molecular complexity index is 3120. The van der Waals surface area contributed by atoms with Crippen LogP contribution in [0.5, 0.6) is 11.5 Å². The van der Waals surface area contributed by atoms with Gasteiger partial charge >= 0.3 is 0 Å². The van der Waals surface area contributed by atoms with Crippen molar-refractivity contribution in [2.75, 3.05) is 4.90 Å². The molecule has 1 heterocycles. The van der Waals surface area contributed by atoms with Crippen molar-refractivity contribution < 1.29 is 4.74 Å². The van der Waals surface area contributed by atoms with Crippen LogP contribution in [0.3, 0.4) is 0 Å². The largest absolute Gasteiger partial charge is 0.456 e. The van der Waals surface area contributed by atoms with E-state index in [1.165, 1.54) is 49.4 Å². The number of ether oxygens (including phenoxy) is 1. The third-order valence-corrected chi connectivity index (χ3v) is 11.2. The van der Waals surface area contributed by atoms with Crippen molar-refractivity contribution >= 4 is 49.4 Å². The molecule has 0 radical (unpaired) electrons. The summed E-state index contributed by atoms with van der Waals surface area (Å²) in [7, 11) is 0. The molecule has 0 amide bonds. The highest BCUT2D eigenvalue weighted by molar-refractivity contribution is 6.07. The first-order valence-corrected chi connectivity index (χ1v) is 19.2. The quantitative estimate of drug-likeness (QED) is 0.170. The fraction of sp³-hybridized carbons (Fsp3) is 0. The first kappa shape index (κ1) is 32.0. The van der Waals surface area contributed by atoms with E-state index < -0.39 is 0 Å². The van der Waals surface area contributed by atoms with E-state index in [-0.39, 0.29) is 0 Å². The van der Waals surface area contributed by atoms with Gasteiger partial charge in [-0.2, -0.15) is 0 Å². The number of hydrogen-bond acceptors (Lipinski definition) is 2. The summed E-state index contributed by atoms with van der Waals surface area (Å²) in [5.41, 5.74) is 12.6. The minimum Gasteiger partial charge on any atom is -0.456 e. The van der Waals surface area contributed by atoms with E-state index >= 15 is 0 Å². The van der Waals surface area contributed by atoms with Gasteiger partial charge < -0.3 is 9.64 Å². The maximum Gasteiger partial charge on any atom is 0.135 e. The van der Waals surface area contributed by atoms with E-state index in [1.54, 1.807) is 0 Å². The van der Waals surface area contributed by atoms with Gasteiger partial charge in [-0.3, -0.25) is 0 Å². The molecule has 2 nitrogen and oxygen atoms in total. The summed E-state index contributed by atoms with van der Waals surface area (Å²) in [5.74, 6) is 1.78. The van der Waals surface area contributed by atoms with Gasteiger partial charge in [-0.25, -0.2) is 0 Å². The van der Waals surface area contributed by atoms with Gasteiger partial charge in [-0.15, -0.1) is 0 Å². The lowest BCUT2D eigenvalue weighted by Gasteiger charge is -2.29. The Balaban J connectivity index is 1.10. The van der Waals surface area contributed by atoms with Gasteiger partial charge in [0.25, 0.3) is 0 Å². The highest BCUT2D eigenvalue weighted by Gasteiger charge is 2.23. The van der Waals surface area contributed by atoms with Crippen LogP contribution in [-0.4, -0.2) is 0 Å². The molecular formula is C54H35NO. The molecular weight excluding hydrogens is 679 g/mol. The van der Waals surface area contributed by atoms with Crippen LogP contribution >= 0.6 is 0 Å². The Labute approximate surface area is 326 Å². The standard InChI is InChI=1S/C54H35NO/c1-2-14-39-32-40(27-26-36(39)12-1)37-28-30-44(31-29-37)55(45-18-9-16-41(34-45)47-22-10-15-38-13-3-4-19-46(38)47)51-23-7-5-20-48(51)43-33-42-17-11-25-53-54(42)50(35-43)49-21-6-8-24-52(49)56-53/h1-35H. The second-order valence-electron chi connectivity index (χ2n) is 14.5. The van der Waals surface area contributed by atoms with Crippen molar-refractivity contribution in [1.82, 2.24) is 0 Å². The predicted molar refractivity (Wildman–Crippen MR) is 235 cm³/mol. The zero-order valence-electron chi connectivity index (χ0n) is 30.6. The van der Waals surface area contributed by atoms with Gasteiger partial charge in [0.2, 0.25) is 0 Å². The Hall–Kier alpha value is -7.42. The van der Waals surface area contributed by atoms with Crippen molar-refractivity contribution in [2.45, 2.75) is 0 Å². The van der Waals surface area contributed by atoms with Gasteiger partial charge in [-0.1, -0.05) is 152 Å². The summed E-state index contributed by atoms with van der Waals surface area (Å²) in [6, 6.07) is 76.6. The van der Waals surface area contributed by atoms with Gasteiger partial charge in [0.05, 0.1) is 5.69 Å². The minimum atomic E-state index is 0.885. The molecule has 0 aliphatic carbocycles. The van der Waals surface area contributed by atoms with Crippen molar-refractivity contribution in [3.05, 3.63) is 212 Å². The van der Waals surface area contributed by atoms with Gasteiger partial charge in [0.15, 0.2) is 0 Å². The van der Waals surface area contributed by atoms with Crippen molar-refractivity contribution in [3.8, 4) is 56.0 Å². The smallest absolute Gasteiger partial charge is 0.135 e. The predicted octanol–water partition coefficient (Wildman–Crippen LogP) is 15.4. The number of fused-ring (bicyclic) bond motifs is 4. The van der Waals surface area contributed by atoms with Gasteiger partial charge in [0.1, 0.15) is 11.5 Å². The minimum absolute atomic E-state index is 0.885. The maximum absolute atomic E-state index is 6.40. The molecule has 0 saturated heterocycles. The van der Waals surface area contributed by atoms with Crippen LogP contribution in [0.25, 0.3) is 76.8 Å². The molecule has 0 atom stereocenters.